The second-order valence-corrected chi connectivity index (χ2v) is 4.10. The van der Waals surface area contributed by atoms with Crippen molar-refractivity contribution in [3.8, 4) is 0 Å². The van der Waals surface area contributed by atoms with Gasteiger partial charge in [0.25, 0.3) is 0 Å². The van der Waals surface area contributed by atoms with E-state index in [1.54, 1.807) is 0 Å². The molecule has 2 heterocycles. The molecule has 1 aliphatic rings. The molecule has 0 aromatic carbocycles. The fraction of sp³-hybridized carbons (Fsp3) is 0.500. The van der Waals surface area contributed by atoms with Crippen molar-refractivity contribution in [2.75, 3.05) is 6.54 Å². The van der Waals surface area contributed by atoms with E-state index in [-0.39, 0.29) is 0 Å². The maximum absolute atomic E-state index is 7.85. The van der Waals surface area contributed by atoms with Gasteiger partial charge >= 0.3 is 0 Å². The van der Waals surface area contributed by atoms with Crippen molar-refractivity contribution in [2.45, 2.75) is 32.7 Å². The van der Waals surface area contributed by atoms with Gasteiger partial charge in [0.05, 0.1) is 18.1 Å². The first kappa shape index (κ1) is 10.1. The zero-order valence-electron chi connectivity index (χ0n) is 9.16. The Balaban J connectivity index is 2.04. The number of nitrogens with zero attached hydrogens (tertiary/aromatic N) is 2. The minimum atomic E-state index is 0.768. The molecule has 80 valence electrons. The number of amidine groups is 1. The summed E-state index contributed by atoms with van der Waals surface area (Å²) in [7, 11) is 0. The van der Waals surface area contributed by atoms with Gasteiger partial charge in [-0.1, -0.05) is 6.07 Å². The molecule has 0 amide bonds. The SMILES string of the molecule is Cc1cccc(CN2CCCCC2=N)n1. The Morgan fingerprint density at radius 1 is 1.40 bits per heavy atom. The van der Waals surface area contributed by atoms with Gasteiger partial charge in [-0.25, -0.2) is 0 Å². The van der Waals surface area contributed by atoms with Crippen LogP contribution in [0.4, 0.5) is 0 Å². The van der Waals surface area contributed by atoms with Gasteiger partial charge in [-0.2, -0.15) is 0 Å². The molecule has 1 saturated heterocycles. The summed E-state index contributed by atoms with van der Waals surface area (Å²) in [6.45, 7) is 3.81. The molecule has 0 unspecified atom stereocenters. The molecule has 0 saturated carbocycles. The van der Waals surface area contributed by atoms with Gasteiger partial charge in [-0.3, -0.25) is 10.4 Å². The highest BCUT2D eigenvalue weighted by Crippen LogP contribution is 2.13. The summed E-state index contributed by atoms with van der Waals surface area (Å²) in [4.78, 5) is 6.59. The molecule has 1 fully saturated rings. The van der Waals surface area contributed by atoms with Crippen LogP contribution in [0.1, 0.15) is 30.7 Å². The summed E-state index contributed by atoms with van der Waals surface area (Å²) >= 11 is 0. The average Bonchev–Trinajstić information content (AvgIpc) is 2.22. The van der Waals surface area contributed by atoms with Crippen LogP contribution >= 0.6 is 0 Å². The van der Waals surface area contributed by atoms with E-state index < -0.39 is 0 Å². The highest BCUT2D eigenvalue weighted by Gasteiger charge is 2.15. The quantitative estimate of drug-likeness (QED) is 0.801. The third-order valence-corrected chi connectivity index (χ3v) is 2.77. The second-order valence-electron chi connectivity index (χ2n) is 4.10. The van der Waals surface area contributed by atoms with Crippen molar-refractivity contribution in [3.05, 3.63) is 29.6 Å². The Hall–Kier alpha value is -1.38. The van der Waals surface area contributed by atoms with Crippen molar-refractivity contribution in [3.63, 3.8) is 0 Å². The minimum absolute atomic E-state index is 0.768. The fourth-order valence-electron chi connectivity index (χ4n) is 1.95. The van der Waals surface area contributed by atoms with Crippen molar-refractivity contribution in [1.82, 2.24) is 9.88 Å². The monoisotopic (exact) mass is 203 g/mol. The maximum atomic E-state index is 7.85. The fourth-order valence-corrected chi connectivity index (χ4v) is 1.95. The normalized spacial score (nSPS) is 16.9. The van der Waals surface area contributed by atoms with E-state index in [1.165, 1.54) is 6.42 Å². The van der Waals surface area contributed by atoms with Crippen LogP contribution in [0, 0.1) is 12.3 Å². The van der Waals surface area contributed by atoms with Crippen LogP contribution < -0.4 is 0 Å². The number of aryl methyl sites for hydroxylation is 1. The second kappa shape index (κ2) is 4.43. The number of hydrogen-bond acceptors (Lipinski definition) is 2. The highest BCUT2D eigenvalue weighted by molar-refractivity contribution is 5.79. The van der Waals surface area contributed by atoms with Gasteiger partial charge in [0.1, 0.15) is 0 Å². The first-order valence-corrected chi connectivity index (χ1v) is 5.50. The number of likely N-dealkylation sites (tertiary alicyclic amines) is 1. The number of aromatic nitrogens is 1. The maximum Gasteiger partial charge on any atom is 0.0961 e. The van der Waals surface area contributed by atoms with Crippen molar-refractivity contribution >= 4 is 5.84 Å². The lowest BCUT2D eigenvalue weighted by Gasteiger charge is -2.28. The number of hydrogen-bond donors (Lipinski definition) is 1. The molecule has 1 aromatic rings. The van der Waals surface area contributed by atoms with Crippen molar-refractivity contribution in [1.29, 1.82) is 5.41 Å². The molecule has 0 spiro atoms. The molecule has 1 N–H and O–H groups in total. The molecule has 1 aliphatic heterocycles. The van der Waals surface area contributed by atoms with E-state index >= 15 is 0 Å². The van der Waals surface area contributed by atoms with Gasteiger partial charge in [0, 0.05) is 18.7 Å². The molecule has 1 aromatic heterocycles. The van der Waals surface area contributed by atoms with E-state index in [4.69, 9.17) is 5.41 Å². The number of piperidine rings is 1. The van der Waals surface area contributed by atoms with Crippen LogP contribution in [-0.4, -0.2) is 22.3 Å². The van der Waals surface area contributed by atoms with Crippen LogP contribution in [0.15, 0.2) is 18.2 Å². The van der Waals surface area contributed by atoms with Crippen LogP contribution in [-0.2, 0) is 6.54 Å². The molecule has 0 aliphatic carbocycles. The third kappa shape index (κ3) is 2.55. The summed E-state index contributed by atoms with van der Waals surface area (Å²) in [5, 5.41) is 7.85. The van der Waals surface area contributed by atoms with Crippen LogP contribution in [0.5, 0.6) is 0 Å². The van der Waals surface area contributed by atoms with Crippen LogP contribution in [0.3, 0.4) is 0 Å². The number of rotatable bonds is 2. The van der Waals surface area contributed by atoms with Gasteiger partial charge in [0.2, 0.25) is 0 Å². The van der Waals surface area contributed by atoms with E-state index in [0.717, 1.165) is 43.2 Å². The van der Waals surface area contributed by atoms with Gasteiger partial charge in [-0.05, 0) is 31.9 Å². The lowest BCUT2D eigenvalue weighted by atomic mass is 10.1. The Bertz CT molecular complexity index is 360. The standard InChI is InChI=1S/C12H17N3/c1-10-5-4-6-11(14-10)9-15-8-3-2-7-12(15)13/h4-6,13H,2-3,7-9H2,1H3. The Morgan fingerprint density at radius 2 is 2.27 bits per heavy atom. The molecule has 15 heavy (non-hydrogen) atoms. The lowest BCUT2D eigenvalue weighted by Crippen LogP contribution is -2.34. The molecule has 0 bridgehead atoms. The number of nitrogens with one attached hydrogen (secondary N) is 1. The minimum Gasteiger partial charge on any atom is -0.355 e. The lowest BCUT2D eigenvalue weighted by molar-refractivity contribution is 0.357. The van der Waals surface area contributed by atoms with Crippen molar-refractivity contribution < 1.29 is 0 Å². The average molecular weight is 203 g/mol. The van der Waals surface area contributed by atoms with Crippen LogP contribution in [0.2, 0.25) is 0 Å². The molecule has 0 atom stereocenters. The zero-order chi connectivity index (χ0) is 10.7. The molecular weight excluding hydrogens is 186 g/mol. The molecule has 3 nitrogen and oxygen atoms in total. The van der Waals surface area contributed by atoms with E-state index in [1.807, 2.05) is 25.1 Å². The predicted octanol–water partition coefficient (Wildman–Crippen LogP) is 2.35. The molecular formula is C12H17N3. The summed E-state index contributed by atoms with van der Waals surface area (Å²) < 4.78 is 0. The highest BCUT2D eigenvalue weighted by atomic mass is 15.2. The molecule has 3 heteroatoms. The molecule has 2 rings (SSSR count). The van der Waals surface area contributed by atoms with Crippen LogP contribution in [0.25, 0.3) is 0 Å². The summed E-state index contributed by atoms with van der Waals surface area (Å²) in [6.07, 6.45) is 3.29. The summed E-state index contributed by atoms with van der Waals surface area (Å²) in [5.74, 6) is 0.768. The van der Waals surface area contributed by atoms with Gasteiger partial charge < -0.3 is 4.90 Å². The van der Waals surface area contributed by atoms with Gasteiger partial charge in [0.15, 0.2) is 0 Å². The zero-order valence-corrected chi connectivity index (χ0v) is 9.16. The Morgan fingerprint density at radius 3 is 3.00 bits per heavy atom. The Labute approximate surface area is 90.6 Å². The predicted molar refractivity (Wildman–Crippen MR) is 61.0 cm³/mol. The summed E-state index contributed by atoms with van der Waals surface area (Å²) in [5.41, 5.74) is 2.12. The number of pyridine rings is 1. The third-order valence-electron chi connectivity index (χ3n) is 2.77. The smallest absolute Gasteiger partial charge is 0.0961 e. The topological polar surface area (TPSA) is 40.0 Å². The van der Waals surface area contributed by atoms with E-state index in [9.17, 15) is 0 Å². The van der Waals surface area contributed by atoms with E-state index in [0.29, 0.717) is 0 Å². The summed E-state index contributed by atoms with van der Waals surface area (Å²) in [6, 6.07) is 6.07. The molecule has 0 radical (unpaired) electrons. The largest absolute Gasteiger partial charge is 0.355 e. The Kier molecular flexibility index (Phi) is 2.99. The van der Waals surface area contributed by atoms with Gasteiger partial charge in [-0.15, -0.1) is 0 Å². The van der Waals surface area contributed by atoms with Crippen molar-refractivity contribution in [2.24, 2.45) is 0 Å². The van der Waals surface area contributed by atoms with E-state index in [2.05, 4.69) is 9.88 Å². The first-order chi connectivity index (χ1) is 7.25. The first-order valence-electron chi connectivity index (χ1n) is 5.50.